The molecular formula is C23H21N7O3S. The Labute approximate surface area is 199 Å². The van der Waals surface area contributed by atoms with E-state index in [-0.39, 0.29) is 17.3 Å². The number of hydrogen-bond acceptors (Lipinski definition) is 8. The number of carbonyl (C=O) groups excluding carboxylic acids is 1. The van der Waals surface area contributed by atoms with Crippen LogP contribution in [-0.4, -0.2) is 49.4 Å². The van der Waals surface area contributed by atoms with Gasteiger partial charge in [-0.15, -0.1) is 10.2 Å². The predicted octanol–water partition coefficient (Wildman–Crippen LogP) is 3.56. The van der Waals surface area contributed by atoms with Crippen molar-refractivity contribution in [2.45, 2.75) is 5.16 Å². The fourth-order valence-corrected chi connectivity index (χ4v) is 4.00. The molecule has 2 N–H and O–H groups in total. The number of para-hydroxylation sites is 3. The lowest BCUT2D eigenvalue weighted by Gasteiger charge is -2.10. The molecule has 172 valence electrons. The molecule has 0 bridgehead atoms. The van der Waals surface area contributed by atoms with Crippen LogP contribution < -0.4 is 10.6 Å². The van der Waals surface area contributed by atoms with Crippen molar-refractivity contribution in [2.24, 2.45) is 0 Å². The van der Waals surface area contributed by atoms with Gasteiger partial charge in [0.1, 0.15) is 5.69 Å². The molecule has 4 rings (SSSR count). The minimum absolute atomic E-state index is 0.00551. The van der Waals surface area contributed by atoms with E-state index < -0.39 is 4.92 Å². The van der Waals surface area contributed by atoms with Gasteiger partial charge in [0.25, 0.3) is 5.69 Å². The Morgan fingerprint density at radius 2 is 1.79 bits per heavy atom. The van der Waals surface area contributed by atoms with Crippen molar-refractivity contribution < 1.29 is 9.72 Å². The molecule has 0 fully saturated rings. The van der Waals surface area contributed by atoms with Crippen molar-refractivity contribution in [1.29, 1.82) is 0 Å². The zero-order valence-corrected chi connectivity index (χ0v) is 18.8. The zero-order valence-electron chi connectivity index (χ0n) is 18.0. The van der Waals surface area contributed by atoms with E-state index in [9.17, 15) is 14.9 Å². The predicted molar refractivity (Wildman–Crippen MR) is 130 cm³/mol. The smallest absolute Gasteiger partial charge is 0.292 e. The number of thioether (sulfide) groups is 1. The second-order valence-electron chi connectivity index (χ2n) is 7.06. The van der Waals surface area contributed by atoms with Crippen molar-refractivity contribution in [3.8, 4) is 17.1 Å². The third kappa shape index (κ3) is 5.56. The van der Waals surface area contributed by atoms with Crippen LogP contribution >= 0.6 is 11.8 Å². The lowest BCUT2D eigenvalue weighted by atomic mass is 10.2. The topological polar surface area (TPSA) is 128 Å². The molecule has 0 aliphatic carbocycles. The fourth-order valence-electron chi connectivity index (χ4n) is 3.22. The van der Waals surface area contributed by atoms with Gasteiger partial charge < -0.3 is 10.6 Å². The van der Waals surface area contributed by atoms with Crippen LogP contribution in [0.15, 0.2) is 84.3 Å². The standard InChI is InChI=1S/C23H21N7O3S/c31-21(26-14-13-25-19-10-4-5-11-20(19)30(32)33)16-34-23-28-27-22(17-7-6-12-24-15-17)29(23)18-8-2-1-3-9-18/h1-12,15,25H,13-14,16H2,(H,26,31). The molecule has 34 heavy (non-hydrogen) atoms. The van der Waals surface area contributed by atoms with Crippen molar-refractivity contribution in [1.82, 2.24) is 25.1 Å². The van der Waals surface area contributed by atoms with Crippen molar-refractivity contribution >= 4 is 29.0 Å². The maximum Gasteiger partial charge on any atom is 0.292 e. The van der Waals surface area contributed by atoms with Gasteiger partial charge in [0.05, 0.1) is 10.7 Å². The zero-order chi connectivity index (χ0) is 23.8. The van der Waals surface area contributed by atoms with E-state index in [2.05, 4.69) is 25.8 Å². The summed E-state index contributed by atoms with van der Waals surface area (Å²) < 4.78 is 1.89. The normalized spacial score (nSPS) is 10.6. The van der Waals surface area contributed by atoms with Crippen LogP contribution in [0.1, 0.15) is 0 Å². The Bertz CT molecular complexity index is 1270. The molecule has 2 aromatic carbocycles. The number of pyridine rings is 1. The monoisotopic (exact) mass is 475 g/mol. The highest BCUT2D eigenvalue weighted by molar-refractivity contribution is 7.99. The Balaban J connectivity index is 1.37. The molecule has 4 aromatic rings. The summed E-state index contributed by atoms with van der Waals surface area (Å²) in [6.45, 7) is 0.671. The van der Waals surface area contributed by atoms with Crippen LogP contribution in [0.4, 0.5) is 11.4 Å². The van der Waals surface area contributed by atoms with E-state index in [4.69, 9.17) is 0 Å². The minimum Gasteiger partial charge on any atom is -0.378 e. The molecule has 0 saturated carbocycles. The molecular weight excluding hydrogens is 454 g/mol. The highest BCUT2D eigenvalue weighted by Gasteiger charge is 2.17. The largest absolute Gasteiger partial charge is 0.378 e. The van der Waals surface area contributed by atoms with Crippen molar-refractivity contribution in [3.63, 3.8) is 0 Å². The number of nitrogens with zero attached hydrogens (tertiary/aromatic N) is 5. The maximum atomic E-state index is 12.4. The van der Waals surface area contributed by atoms with Crippen LogP contribution in [0.2, 0.25) is 0 Å². The lowest BCUT2D eigenvalue weighted by Crippen LogP contribution is -2.30. The second-order valence-corrected chi connectivity index (χ2v) is 8.00. The number of aromatic nitrogens is 4. The van der Waals surface area contributed by atoms with Crippen LogP contribution in [-0.2, 0) is 4.79 Å². The van der Waals surface area contributed by atoms with E-state index in [1.165, 1.54) is 17.8 Å². The Morgan fingerprint density at radius 3 is 2.56 bits per heavy atom. The van der Waals surface area contributed by atoms with Gasteiger partial charge in [-0.2, -0.15) is 0 Å². The Kier molecular flexibility index (Phi) is 7.45. The highest BCUT2D eigenvalue weighted by Crippen LogP contribution is 2.27. The average molecular weight is 476 g/mol. The van der Waals surface area contributed by atoms with Gasteiger partial charge in [-0.1, -0.05) is 42.1 Å². The van der Waals surface area contributed by atoms with Gasteiger partial charge in [0.15, 0.2) is 11.0 Å². The quantitative estimate of drug-likeness (QED) is 0.154. The number of nitrogens with one attached hydrogen (secondary N) is 2. The summed E-state index contributed by atoms with van der Waals surface area (Å²) in [5.74, 6) is 0.597. The summed E-state index contributed by atoms with van der Waals surface area (Å²) in [7, 11) is 0. The number of hydrogen-bond donors (Lipinski definition) is 2. The van der Waals surface area contributed by atoms with Crippen LogP contribution in [0.25, 0.3) is 17.1 Å². The van der Waals surface area contributed by atoms with Crippen LogP contribution in [0, 0.1) is 10.1 Å². The molecule has 0 aliphatic rings. The van der Waals surface area contributed by atoms with Gasteiger partial charge in [-0.05, 0) is 30.3 Å². The molecule has 0 radical (unpaired) electrons. The van der Waals surface area contributed by atoms with Crippen molar-refractivity contribution in [3.05, 3.63) is 89.2 Å². The van der Waals surface area contributed by atoms with E-state index >= 15 is 0 Å². The number of amides is 1. The molecule has 2 heterocycles. The summed E-state index contributed by atoms with van der Waals surface area (Å²) in [6.07, 6.45) is 3.41. The van der Waals surface area contributed by atoms with Gasteiger partial charge in [-0.3, -0.25) is 24.5 Å². The van der Waals surface area contributed by atoms with Gasteiger partial charge in [0, 0.05) is 42.8 Å². The van der Waals surface area contributed by atoms with Gasteiger partial charge in [-0.25, -0.2) is 0 Å². The maximum absolute atomic E-state index is 12.4. The van der Waals surface area contributed by atoms with E-state index in [0.717, 1.165) is 11.3 Å². The number of nitro groups is 1. The van der Waals surface area contributed by atoms with E-state index in [1.807, 2.05) is 47.0 Å². The van der Waals surface area contributed by atoms with Crippen LogP contribution in [0.5, 0.6) is 0 Å². The first-order chi connectivity index (χ1) is 16.6. The van der Waals surface area contributed by atoms with Crippen LogP contribution in [0.3, 0.4) is 0 Å². The van der Waals surface area contributed by atoms with Gasteiger partial charge in [0.2, 0.25) is 5.91 Å². The first-order valence-corrected chi connectivity index (χ1v) is 11.4. The third-order valence-electron chi connectivity index (χ3n) is 4.76. The first kappa shape index (κ1) is 22.9. The molecule has 0 atom stereocenters. The number of carbonyl (C=O) groups is 1. The average Bonchev–Trinajstić information content (AvgIpc) is 3.30. The van der Waals surface area contributed by atoms with E-state index in [0.29, 0.717) is 29.8 Å². The SMILES string of the molecule is O=C(CSc1nnc(-c2cccnc2)n1-c1ccccc1)NCCNc1ccccc1[N+](=O)[O-]. The summed E-state index contributed by atoms with van der Waals surface area (Å²) in [5, 5.41) is 26.1. The first-order valence-electron chi connectivity index (χ1n) is 10.4. The minimum atomic E-state index is -0.444. The molecule has 11 heteroatoms. The Morgan fingerprint density at radius 1 is 1.00 bits per heavy atom. The molecule has 0 saturated heterocycles. The molecule has 1 amide bonds. The highest BCUT2D eigenvalue weighted by atomic mass is 32.2. The second kappa shape index (κ2) is 11.1. The number of benzene rings is 2. The molecule has 0 unspecified atom stereocenters. The summed E-state index contributed by atoms with van der Waals surface area (Å²) >= 11 is 1.27. The van der Waals surface area contributed by atoms with E-state index in [1.54, 1.807) is 30.6 Å². The molecule has 10 nitrogen and oxygen atoms in total. The van der Waals surface area contributed by atoms with Crippen molar-refractivity contribution in [2.75, 3.05) is 24.2 Å². The van der Waals surface area contributed by atoms with Gasteiger partial charge >= 0.3 is 0 Å². The number of anilines is 1. The molecule has 0 spiro atoms. The lowest BCUT2D eigenvalue weighted by molar-refractivity contribution is -0.384. The fraction of sp³-hybridized carbons (Fsp3) is 0.130. The summed E-state index contributed by atoms with van der Waals surface area (Å²) in [5.41, 5.74) is 2.10. The Hall–Kier alpha value is -4.25. The molecule has 0 aliphatic heterocycles. The summed E-state index contributed by atoms with van der Waals surface area (Å²) in [4.78, 5) is 27.2. The summed E-state index contributed by atoms with van der Waals surface area (Å²) in [6, 6.07) is 19.8. The molecule has 2 aromatic heterocycles. The third-order valence-corrected chi connectivity index (χ3v) is 5.69. The number of rotatable bonds is 10. The number of nitro benzene ring substituents is 1.